The van der Waals surface area contributed by atoms with E-state index in [9.17, 15) is 4.39 Å². The topological polar surface area (TPSA) is 15.3 Å². The van der Waals surface area contributed by atoms with Gasteiger partial charge in [-0.25, -0.2) is 4.39 Å². The first-order chi connectivity index (χ1) is 8.22. The Morgan fingerprint density at radius 3 is 2.42 bits per heavy atom. The predicted octanol–water partition coefficient (Wildman–Crippen LogP) is 3.33. The van der Waals surface area contributed by atoms with Crippen LogP contribution in [0.15, 0.2) is 18.2 Å². The molecule has 1 aromatic rings. The fraction of sp³-hybridized carbons (Fsp3) is 0.571. The van der Waals surface area contributed by atoms with E-state index in [1.807, 2.05) is 19.1 Å². The first kappa shape index (κ1) is 18.7. The van der Waals surface area contributed by atoms with Crippen LogP contribution in [0.3, 0.4) is 0 Å². The van der Waals surface area contributed by atoms with Gasteiger partial charge in [-0.05, 0) is 25.0 Å². The molecule has 110 valence electrons. The summed E-state index contributed by atoms with van der Waals surface area (Å²) in [6.45, 7) is 8.08. The Balaban J connectivity index is 0.00000162. The summed E-state index contributed by atoms with van der Waals surface area (Å²) in [5.41, 5.74) is 1.83. The number of nitrogens with one attached hydrogen (secondary N) is 1. The van der Waals surface area contributed by atoms with Crippen molar-refractivity contribution in [1.82, 2.24) is 10.2 Å². The van der Waals surface area contributed by atoms with Gasteiger partial charge in [0.1, 0.15) is 5.82 Å². The standard InChI is InChI=1S/C14H21FN2.2ClH/c1-3-14(17-8-6-16-7-9-17)12-5-4-11(2)10-13(12)15;;/h4-5,10,14,16H,3,6-9H2,1-2H3;2*1H/t14-;;/m0../s1. The molecule has 1 aliphatic rings. The summed E-state index contributed by atoms with van der Waals surface area (Å²) >= 11 is 0. The molecule has 0 spiro atoms. The summed E-state index contributed by atoms with van der Waals surface area (Å²) in [6.07, 6.45) is 0.958. The molecule has 0 amide bonds. The van der Waals surface area contributed by atoms with Gasteiger partial charge in [-0.15, -0.1) is 24.8 Å². The monoisotopic (exact) mass is 308 g/mol. The van der Waals surface area contributed by atoms with Crippen LogP contribution >= 0.6 is 24.8 Å². The highest BCUT2D eigenvalue weighted by atomic mass is 35.5. The Morgan fingerprint density at radius 1 is 1.26 bits per heavy atom. The molecule has 2 nitrogen and oxygen atoms in total. The van der Waals surface area contributed by atoms with Crippen LogP contribution in [0.5, 0.6) is 0 Å². The third-order valence-electron chi connectivity index (χ3n) is 3.49. The maximum atomic E-state index is 14.0. The number of rotatable bonds is 3. The van der Waals surface area contributed by atoms with Crippen molar-refractivity contribution in [3.63, 3.8) is 0 Å². The first-order valence-corrected chi connectivity index (χ1v) is 6.43. The fourth-order valence-electron chi connectivity index (χ4n) is 2.57. The molecular weight excluding hydrogens is 286 g/mol. The van der Waals surface area contributed by atoms with E-state index < -0.39 is 0 Å². The lowest BCUT2D eigenvalue weighted by molar-refractivity contribution is 0.166. The number of halogens is 3. The van der Waals surface area contributed by atoms with Crippen LogP contribution in [0.2, 0.25) is 0 Å². The molecule has 1 atom stereocenters. The Labute approximate surface area is 127 Å². The number of piperazine rings is 1. The second-order valence-electron chi connectivity index (χ2n) is 4.73. The van der Waals surface area contributed by atoms with E-state index in [1.54, 1.807) is 6.07 Å². The average Bonchev–Trinajstić information content (AvgIpc) is 2.34. The highest BCUT2D eigenvalue weighted by molar-refractivity contribution is 5.85. The number of nitrogens with zero attached hydrogens (tertiary/aromatic N) is 1. The zero-order valence-electron chi connectivity index (χ0n) is 11.5. The molecule has 0 saturated carbocycles. The van der Waals surface area contributed by atoms with Crippen molar-refractivity contribution in [2.75, 3.05) is 26.2 Å². The molecule has 1 saturated heterocycles. The SMILES string of the molecule is CC[C@@H](c1ccc(C)cc1F)N1CCNCC1.Cl.Cl. The minimum absolute atomic E-state index is 0. The van der Waals surface area contributed by atoms with Gasteiger partial charge in [-0.3, -0.25) is 4.90 Å². The molecule has 1 aliphatic heterocycles. The molecule has 0 unspecified atom stereocenters. The molecule has 1 heterocycles. The van der Waals surface area contributed by atoms with Crippen LogP contribution in [-0.4, -0.2) is 31.1 Å². The van der Waals surface area contributed by atoms with Crippen molar-refractivity contribution < 1.29 is 4.39 Å². The average molecular weight is 309 g/mol. The van der Waals surface area contributed by atoms with Crippen molar-refractivity contribution in [1.29, 1.82) is 0 Å². The molecule has 0 bridgehead atoms. The molecule has 19 heavy (non-hydrogen) atoms. The molecule has 0 aliphatic carbocycles. The first-order valence-electron chi connectivity index (χ1n) is 6.43. The van der Waals surface area contributed by atoms with Gasteiger partial charge in [-0.2, -0.15) is 0 Å². The van der Waals surface area contributed by atoms with E-state index in [0.717, 1.165) is 43.7 Å². The predicted molar refractivity (Wildman–Crippen MR) is 83.1 cm³/mol. The van der Waals surface area contributed by atoms with E-state index >= 15 is 0 Å². The van der Waals surface area contributed by atoms with Crippen LogP contribution in [0.25, 0.3) is 0 Å². The molecule has 0 aromatic heterocycles. The summed E-state index contributed by atoms with van der Waals surface area (Å²) in [7, 11) is 0. The van der Waals surface area contributed by atoms with Gasteiger partial charge in [-0.1, -0.05) is 19.1 Å². The van der Waals surface area contributed by atoms with E-state index in [1.165, 1.54) is 0 Å². The van der Waals surface area contributed by atoms with Gasteiger partial charge in [0.05, 0.1) is 0 Å². The van der Waals surface area contributed by atoms with E-state index in [4.69, 9.17) is 0 Å². The fourth-order valence-corrected chi connectivity index (χ4v) is 2.57. The van der Waals surface area contributed by atoms with Crippen molar-refractivity contribution >= 4 is 24.8 Å². The lowest BCUT2D eigenvalue weighted by Gasteiger charge is -2.34. The van der Waals surface area contributed by atoms with Gasteiger partial charge < -0.3 is 5.32 Å². The zero-order valence-corrected chi connectivity index (χ0v) is 13.1. The van der Waals surface area contributed by atoms with Crippen LogP contribution in [0.1, 0.15) is 30.5 Å². The molecule has 5 heteroatoms. The molecule has 2 rings (SSSR count). The molecular formula is C14H23Cl2FN2. The Morgan fingerprint density at radius 2 is 1.89 bits per heavy atom. The van der Waals surface area contributed by atoms with Gasteiger partial charge in [0.25, 0.3) is 0 Å². The van der Waals surface area contributed by atoms with Crippen molar-refractivity contribution in [3.05, 3.63) is 35.1 Å². The number of hydrogen-bond donors (Lipinski definition) is 1. The normalized spacial score (nSPS) is 17.2. The highest BCUT2D eigenvalue weighted by Crippen LogP contribution is 2.27. The van der Waals surface area contributed by atoms with Gasteiger partial charge >= 0.3 is 0 Å². The van der Waals surface area contributed by atoms with Crippen molar-refractivity contribution in [2.45, 2.75) is 26.3 Å². The largest absolute Gasteiger partial charge is 0.314 e. The number of benzene rings is 1. The number of aryl methyl sites for hydroxylation is 1. The van der Waals surface area contributed by atoms with Gasteiger partial charge in [0.2, 0.25) is 0 Å². The summed E-state index contributed by atoms with van der Waals surface area (Å²) in [5, 5.41) is 3.33. The summed E-state index contributed by atoms with van der Waals surface area (Å²) in [4.78, 5) is 2.38. The van der Waals surface area contributed by atoms with Gasteiger partial charge in [0.15, 0.2) is 0 Å². The second-order valence-corrected chi connectivity index (χ2v) is 4.73. The van der Waals surface area contributed by atoms with E-state index in [0.29, 0.717) is 0 Å². The molecule has 0 radical (unpaired) electrons. The minimum atomic E-state index is -0.0598. The van der Waals surface area contributed by atoms with Crippen molar-refractivity contribution in [2.24, 2.45) is 0 Å². The van der Waals surface area contributed by atoms with Gasteiger partial charge in [0, 0.05) is 37.8 Å². The van der Waals surface area contributed by atoms with E-state index in [2.05, 4.69) is 17.1 Å². The van der Waals surface area contributed by atoms with E-state index in [-0.39, 0.29) is 36.7 Å². The third kappa shape index (κ3) is 4.60. The minimum Gasteiger partial charge on any atom is -0.314 e. The Bertz CT molecular complexity index is 382. The quantitative estimate of drug-likeness (QED) is 0.921. The third-order valence-corrected chi connectivity index (χ3v) is 3.49. The smallest absolute Gasteiger partial charge is 0.128 e. The second kappa shape index (κ2) is 8.75. The Kier molecular flexibility index (Phi) is 8.59. The molecule has 1 aromatic carbocycles. The lowest BCUT2D eigenvalue weighted by Crippen LogP contribution is -2.45. The zero-order chi connectivity index (χ0) is 12.3. The van der Waals surface area contributed by atoms with Crippen LogP contribution < -0.4 is 5.32 Å². The maximum absolute atomic E-state index is 14.0. The molecule has 1 N–H and O–H groups in total. The maximum Gasteiger partial charge on any atom is 0.128 e. The summed E-state index contributed by atoms with van der Waals surface area (Å²) < 4.78 is 14.0. The number of hydrogen-bond acceptors (Lipinski definition) is 2. The van der Waals surface area contributed by atoms with Crippen molar-refractivity contribution in [3.8, 4) is 0 Å². The highest BCUT2D eigenvalue weighted by Gasteiger charge is 2.22. The van der Waals surface area contributed by atoms with Crippen LogP contribution in [0.4, 0.5) is 4.39 Å². The lowest BCUT2D eigenvalue weighted by atomic mass is 10.00. The Hall–Kier alpha value is -0.350. The summed E-state index contributed by atoms with van der Waals surface area (Å²) in [5.74, 6) is -0.0598. The summed E-state index contributed by atoms with van der Waals surface area (Å²) in [6, 6.07) is 5.81. The molecule has 1 fully saturated rings. The van der Waals surface area contributed by atoms with Crippen LogP contribution in [-0.2, 0) is 0 Å². The van der Waals surface area contributed by atoms with Crippen LogP contribution in [0, 0.1) is 12.7 Å².